The molecule has 0 amide bonds. The summed E-state index contributed by atoms with van der Waals surface area (Å²) < 4.78 is 39.7. The summed E-state index contributed by atoms with van der Waals surface area (Å²) in [4.78, 5) is -0.0301. The molecule has 94 valence electrons. The van der Waals surface area contributed by atoms with Crippen LogP contribution in [-0.4, -0.2) is 15.0 Å². The summed E-state index contributed by atoms with van der Waals surface area (Å²) in [6.07, 6.45) is 3.30. The lowest BCUT2D eigenvalue weighted by atomic mass is 9.86. The van der Waals surface area contributed by atoms with Gasteiger partial charge < -0.3 is 0 Å². The maximum atomic E-state index is 13.2. The van der Waals surface area contributed by atoms with Crippen LogP contribution in [0.15, 0.2) is 27.6 Å². The first-order chi connectivity index (χ1) is 7.99. The Morgan fingerprint density at radius 1 is 1.41 bits per heavy atom. The highest BCUT2D eigenvalue weighted by Crippen LogP contribution is 2.26. The van der Waals surface area contributed by atoms with E-state index in [1.807, 2.05) is 0 Å². The zero-order valence-electron chi connectivity index (χ0n) is 9.12. The van der Waals surface area contributed by atoms with E-state index in [-0.39, 0.29) is 9.37 Å². The maximum absolute atomic E-state index is 13.2. The van der Waals surface area contributed by atoms with Gasteiger partial charge in [-0.15, -0.1) is 0 Å². The van der Waals surface area contributed by atoms with Crippen LogP contribution in [0.3, 0.4) is 0 Å². The van der Waals surface area contributed by atoms with Crippen molar-refractivity contribution in [3.63, 3.8) is 0 Å². The lowest BCUT2D eigenvalue weighted by Gasteiger charge is -2.25. The summed E-state index contributed by atoms with van der Waals surface area (Å²) in [7, 11) is -3.58. The van der Waals surface area contributed by atoms with Gasteiger partial charge in [0.2, 0.25) is 10.0 Å². The number of benzene rings is 1. The number of hydrogen-bond donors (Lipinski definition) is 1. The van der Waals surface area contributed by atoms with Crippen LogP contribution in [0.2, 0.25) is 0 Å². The molecule has 1 saturated carbocycles. The fourth-order valence-electron chi connectivity index (χ4n) is 1.65. The SMILES string of the molecule is O=S(=O)(NCC1CCC1)c1ccc(Br)c(F)c1. The minimum absolute atomic E-state index is 0.0301. The summed E-state index contributed by atoms with van der Waals surface area (Å²) in [6, 6.07) is 3.80. The Morgan fingerprint density at radius 3 is 2.65 bits per heavy atom. The van der Waals surface area contributed by atoms with Crippen LogP contribution in [0, 0.1) is 11.7 Å². The van der Waals surface area contributed by atoms with Crippen molar-refractivity contribution in [1.82, 2.24) is 4.72 Å². The number of rotatable bonds is 4. The van der Waals surface area contributed by atoms with Gasteiger partial charge in [-0.25, -0.2) is 17.5 Å². The fourth-order valence-corrected chi connectivity index (χ4v) is 3.03. The number of hydrogen-bond acceptors (Lipinski definition) is 2. The van der Waals surface area contributed by atoms with E-state index in [1.54, 1.807) is 0 Å². The zero-order chi connectivity index (χ0) is 12.5. The largest absolute Gasteiger partial charge is 0.240 e. The Labute approximate surface area is 109 Å². The first-order valence-corrected chi connectivity index (χ1v) is 7.71. The average Bonchev–Trinajstić information content (AvgIpc) is 2.19. The van der Waals surface area contributed by atoms with Gasteiger partial charge in [-0.1, -0.05) is 6.42 Å². The molecule has 1 aromatic carbocycles. The topological polar surface area (TPSA) is 46.2 Å². The normalized spacial score (nSPS) is 16.8. The van der Waals surface area contributed by atoms with E-state index in [4.69, 9.17) is 0 Å². The maximum Gasteiger partial charge on any atom is 0.240 e. The second-order valence-electron chi connectivity index (χ2n) is 4.22. The van der Waals surface area contributed by atoms with Gasteiger partial charge in [-0.05, 0) is 52.9 Å². The molecule has 1 aromatic rings. The molecule has 1 fully saturated rings. The predicted octanol–water partition coefficient (Wildman–Crippen LogP) is 2.67. The molecule has 17 heavy (non-hydrogen) atoms. The van der Waals surface area contributed by atoms with Crippen molar-refractivity contribution in [2.24, 2.45) is 5.92 Å². The molecule has 0 bridgehead atoms. The highest BCUT2D eigenvalue weighted by Gasteiger charge is 2.21. The zero-order valence-corrected chi connectivity index (χ0v) is 11.5. The Balaban J connectivity index is 2.10. The van der Waals surface area contributed by atoms with Gasteiger partial charge in [0.05, 0.1) is 9.37 Å². The standard InChI is InChI=1S/C11H13BrFNO2S/c12-10-5-4-9(6-11(10)13)17(15,16)14-7-8-2-1-3-8/h4-6,8,14H,1-3,7H2. The van der Waals surface area contributed by atoms with Gasteiger partial charge >= 0.3 is 0 Å². The molecule has 0 spiro atoms. The van der Waals surface area contributed by atoms with Crippen molar-refractivity contribution in [3.05, 3.63) is 28.5 Å². The molecule has 3 nitrogen and oxygen atoms in total. The van der Waals surface area contributed by atoms with E-state index in [2.05, 4.69) is 20.7 Å². The van der Waals surface area contributed by atoms with E-state index >= 15 is 0 Å². The molecule has 1 N–H and O–H groups in total. The number of sulfonamides is 1. The molecular weight excluding hydrogens is 309 g/mol. The predicted molar refractivity (Wildman–Crippen MR) is 66.6 cm³/mol. The highest BCUT2D eigenvalue weighted by molar-refractivity contribution is 9.10. The summed E-state index contributed by atoms with van der Waals surface area (Å²) in [6.45, 7) is 0.444. The van der Waals surface area contributed by atoms with Gasteiger partial charge in [-0.2, -0.15) is 0 Å². The van der Waals surface area contributed by atoms with E-state index in [1.165, 1.54) is 18.6 Å². The lowest BCUT2D eigenvalue weighted by Crippen LogP contribution is -2.32. The van der Waals surface area contributed by atoms with Gasteiger partial charge in [-0.3, -0.25) is 0 Å². The Kier molecular flexibility index (Phi) is 3.85. The second-order valence-corrected chi connectivity index (χ2v) is 6.85. The molecule has 0 radical (unpaired) electrons. The molecule has 0 saturated heterocycles. The minimum Gasteiger partial charge on any atom is -0.211 e. The smallest absolute Gasteiger partial charge is 0.211 e. The van der Waals surface area contributed by atoms with Crippen LogP contribution in [0.25, 0.3) is 0 Å². The second kappa shape index (κ2) is 5.04. The Hall–Kier alpha value is -0.460. The molecule has 2 rings (SSSR count). The van der Waals surface area contributed by atoms with Crippen molar-refractivity contribution in [1.29, 1.82) is 0 Å². The number of nitrogens with one attached hydrogen (secondary N) is 1. The van der Waals surface area contributed by atoms with E-state index < -0.39 is 15.8 Å². The van der Waals surface area contributed by atoms with Gasteiger partial charge in [0.25, 0.3) is 0 Å². The first kappa shape index (κ1) is 13.0. The van der Waals surface area contributed by atoms with Crippen LogP contribution in [0.4, 0.5) is 4.39 Å². The third-order valence-electron chi connectivity index (χ3n) is 2.99. The molecule has 1 aliphatic rings. The molecular formula is C11H13BrFNO2S. The minimum atomic E-state index is -3.58. The summed E-state index contributed by atoms with van der Waals surface area (Å²) in [5.41, 5.74) is 0. The first-order valence-electron chi connectivity index (χ1n) is 5.44. The van der Waals surface area contributed by atoms with Crippen molar-refractivity contribution in [3.8, 4) is 0 Å². The molecule has 1 aliphatic carbocycles. The van der Waals surface area contributed by atoms with Crippen molar-refractivity contribution >= 4 is 26.0 Å². The number of halogens is 2. The molecule has 0 aromatic heterocycles. The van der Waals surface area contributed by atoms with Crippen LogP contribution < -0.4 is 4.72 Å². The quantitative estimate of drug-likeness (QED) is 0.926. The Morgan fingerprint density at radius 2 is 2.12 bits per heavy atom. The molecule has 0 atom stereocenters. The van der Waals surface area contributed by atoms with E-state index in [9.17, 15) is 12.8 Å². The van der Waals surface area contributed by atoms with Crippen LogP contribution in [-0.2, 0) is 10.0 Å². The summed E-state index contributed by atoms with van der Waals surface area (Å²) >= 11 is 2.99. The van der Waals surface area contributed by atoms with Gasteiger partial charge in [0.1, 0.15) is 5.82 Å². The van der Waals surface area contributed by atoms with Crippen LogP contribution in [0.5, 0.6) is 0 Å². The highest BCUT2D eigenvalue weighted by atomic mass is 79.9. The van der Waals surface area contributed by atoms with Crippen molar-refractivity contribution < 1.29 is 12.8 Å². The molecule has 0 aliphatic heterocycles. The third kappa shape index (κ3) is 3.05. The van der Waals surface area contributed by atoms with E-state index in [0.717, 1.165) is 18.9 Å². The van der Waals surface area contributed by atoms with Gasteiger partial charge in [0.15, 0.2) is 0 Å². The average molecular weight is 322 g/mol. The Bertz CT molecular complexity index is 514. The van der Waals surface area contributed by atoms with Gasteiger partial charge in [0, 0.05) is 6.54 Å². The summed E-state index contributed by atoms with van der Waals surface area (Å²) in [5, 5.41) is 0. The molecule has 0 unspecified atom stereocenters. The fraction of sp³-hybridized carbons (Fsp3) is 0.455. The molecule has 0 heterocycles. The van der Waals surface area contributed by atoms with Crippen molar-refractivity contribution in [2.75, 3.05) is 6.54 Å². The van der Waals surface area contributed by atoms with Crippen LogP contribution >= 0.6 is 15.9 Å². The summed E-state index contributed by atoms with van der Waals surface area (Å²) in [5.74, 6) is -0.137. The lowest BCUT2D eigenvalue weighted by molar-refractivity contribution is 0.316. The monoisotopic (exact) mass is 321 g/mol. The molecule has 6 heteroatoms. The van der Waals surface area contributed by atoms with Crippen molar-refractivity contribution in [2.45, 2.75) is 24.2 Å². The van der Waals surface area contributed by atoms with Crippen LogP contribution in [0.1, 0.15) is 19.3 Å². The van der Waals surface area contributed by atoms with E-state index in [0.29, 0.717) is 12.5 Å². The third-order valence-corrected chi connectivity index (χ3v) is 5.05.